The Kier molecular flexibility index (Phi) is 7.10. The molecule has 0 amide bonds. The lowest BCUT2D eigenvalue weighted by Gasteiger charge is -2.40. The van der Waals surface area contributed by atoms with Crippen LogP contribution in [0, 0.1) is 5.92 Å². The molecule has 3 rings (SSSR count). The lowest BCUT2D eigenvalue weighted by atomic mass is 10.0. The van der Waals surface area contributed by atoms with Crippen LogP contribution in [-0.4, -0.2) is 56.9 Å². The molecule has 2 aliphatic rings. The van der Waals surface area contributed by atoms with E-state index in [9.17, 15) is 8.42 Å². The Morgan fingerprint density at radius 1 is 1.24 bits per heavy atom. The number of hydrogen-bond donors (Lipinski definition) is 1. The molecule has 0 aliphatic carbocycles. The number of rotatable bonds is 4. The molecule has 0 bridgehead atoms. The van der Waals surface area contributed by atoms with Crippen LogP contribution in [0.1, 0.15) is 31.4 Å². The molecule has 2 heterocycles. The summed E-state index contributed by atoms with van der Waals surface area (Å²) in [4.78, 5) is 0. The SMILES string of the molecule is COc1ccccc1C1CNCCN1S(=O)(=O)N1CCCC(C)C1.Cl. The highest BCUT2D eigenvalue weighted by Crippen LogP contribution is 2.33. The van der Waals surface area contributed by atoms with Gasteiger partial charge >= 0.3 is 0 Å². The average molecular weight is 390 g/mol. The van der Waals surface area contributed by atoms with Gasteiger partial charge in [0.25, 0.3) is 10.2 Å². The normalized spacial score (nSPS) is 26.0. The summed E-state index contributed by atoms with van der Waals surface area (Å²) in [5, 5.41) is 3.32. The fourth-order valence-electron chi connectivity index (χ4n) is 3.67. The van der Waals surface area contributed by atoms with E-state index in [1.165, 1.54) is 0 Å². The van der Waals surface area contributed by atoms with E-state index in [-0.39, 0.29) is 18.4 Å². The number of methoxy groups -OCH3 is 1. The Balaban J connectivity index is 0.00000225. The van der Waals surface area contributed by atoms with Crippen LogP contribution >= 0.6 is 12.4 Å². The van der Waals surface area contributed by atoms with E-state index in [2.05, 4.69) is 12.2 Å². The minimum Gasteiger partial charge on any atom is -0.496 e. The zero-order chi connectivity index (χ0) is 17.2. The van der Waals surface area contributed by atoms with Crippen LogP contribution in [-0.2, 0) is 10.2 Å². The van der Waals surface area contributed by atoms with Crippen LogP contribution in [0.4, 0.5) is 0 Å². The number of piperidine rings is 1. The second-order valence-electron chi connectivity index (χ2n) is 6.69. The second kappa shape index (κ2) is 8.68. The Hall–Kier alpha value is -0.860. The van der Waals surface area contributed by atoms with Gasteiger partial charge in [0, 0.05) is 38.3 Å². The Bertz CT molecular complexity index is 671. The summed E-state index contributed by atoms with van der Waals surface area (Å²) in [5.41, 5.74) is 0.917. The van der Waals surface area contributed by atoms with E-state index < -0.39 is 10.2 Å². The van der Waals surface area contributed by atoms with Gasteiger partial charge in [0.2, 0.25) is 0 Å². The van der Waals surface area contributed by atoms with Crippen LogP contribution in [0.25, 0.3) is 0 Å². The van der Waals surface area contributed by atoms with Crippen molar-refractivity contribution in [3.05, 3.63) is 29.8 Å². The zero-order valence-corrected chi connectivity index (χ0v) is 16.5. The third kappa shape index (κ3) is 4.28. The fraction of sp³-hybridized carbons (Fsp3) is 0.647. The van der Waals surface area contributed by atoms with E-state index in [1.54, 1.807) is 15.7 Å². The maximum absolute atomic E-state index is 13.3. The summed E-state index contributed by atoms with van der Waals surface area (Å²) >= 11 is 0. The molecule has 25 heavy (non-hydrogen) atoms. The number of para-hydroxylation sites is 1. The summed E-state index contributed by atoms with van der Waals surface area (Å²) < 4.78 is 35.3. The largest absolute Gasteiger partial charge is 0.496 e. The van der Waals surface area contributed by atoms with Crippen molar-refractivity contribution in [1.29, 1.82) is 0 Å². The number of hydrogen-bond acceptors (Lipinski definition) is 4. The molecule has 2 unspecified atom stereocenters. The number of ether oxygens (including phenoxy) is 1. The van der Waals surface area contributed by atoms with Gasteiger partial charge in [-0.15, -0.1) is 12.4 Å². The highest BCUT2D eigenvalue weighted by molar-refractivity contribution is 7.86. The predicted molar refractivity (Wildman–Crippen MR) is 101 cm³/mol. The molecule has 1 aromatic carbocycles. The standard InChI is InChI=1S/C17H27N3O3S.ClH/c1-14-6-5-10-19(13-14)24(21,22)20-11-9-18-12-16(20)15-7-3-4-8-17(15)23-2;/h3-4,7-8,14,16,18H,5-6,9-13H2,1-2H3;1H. The number of halogens is 1. The van der Waals surface area contributed by atoms with Gasteiger partial charge in [0.05, 0.1) is 13.2 Å². The third-order valence-electron chi connectivity index (χ3n) is 4.93. The van der Waals surface area contributed by atoms with Gasteiger partial charge < -0.3 is 10.1 Å². The van der Waals surface area contributed by atoms with Gasteiger partial charge in [-0.2, -0.15) is 17.0 Å². The molecule has 1 aromatic rings. The molecular weight excluding hydrogens is 362 g/mol. The van der Waals surface area contributed by atoms with E-state index in [4.69, 9.17) is 4.74 Å². The van der Waals surface area contributed by atoms with Gasteiger partial charge in [0.1, 0.15) is 5.75 Å². The van der Waals surface area contributed by atoms with Crippen LogP contribution in [0.3, 0.4) is 0 Å². The fourth-order valence-corrected chi connectivity index (χ4v) is 5.60. The molecule has 2 fully saturated rings. The van der Waals surface area contributed by atoms with Crippen LogP contribution in [0.5, 0.6) is 5.75 Å². The third-order valence-corrected chi connectivity index (χ3v) is 6.95. The molecule has 6 nitrogen and oxygen atoms in total. The van der Waals surface area contributed by atoms with Gasteiger partial charge in [-0.05, 0) is 24.8 Å². The van der Waals surface area contributed by atoms with E-state index in [0.29, 0.717) is 38.6 Å². The summed E-state index contributed by atoms with van der Waals surface area (Å²) in [6.07, 6.45) is 2.04. The maximum atomic E-state index is 13.3. The van der Waals surface area contributed by atoms with Gasteiger partial charge in [-0.3, -0.25) is 0 Å². The Morgan fingerprint density at radius 2 is 2.00 bits per heavy atom. The summed E-state index contributed by atoms with van der Waals surface area (Å²) in [6.45, 7) is 5.12. The lowest BCUT2D eigenvalue weighted by Crippen LogP contribution is -2.54. The molecule has 0 radical (unpaired) electrons. The van der Waals surface area contributed by atoms with Crippen molar-refractivity contribution < 1.29 is 13.2 Å². The molecule has 0 spiro atoms. The van der Waals surface area contributed by atoms with Crippen LogP contribution in [0.15, 0.2) is 24.3 Å². The highest BCUT2D eigenvalue weighted by atomic mass is 35.5. The minimum atomic E-state index is -3.47. The summed E-state index contributed by atoms with van der Waals surface area (Å²) in [7, 11) is -1.84. The monoisotopic (exact) mass is 389 g/mol. The van der Waals surface area contributed by atoms with Gasteiger partial charge in [0.15, 0.2) is 0 Å². The minimum absolute atomic E-state index is 0. The zero-order valence-electron chi connectivity index (χ0n) is 14.8. The average Bonchev–Trinajstić information content (AvgIpc) is 2.61. The van der Waals surface area contributed by atoms with Crippen molar-refractivity contribution >= 4 is 22.6 Å². The van der Waals surface area contributed by atoms with Crippen molar-refractivity contribution in [3.8, 4) is 5.75 Å². The quantitative estimate of drug-likeness (QED) is 0.856. The maximum Gasteiger partial charge on any atom is 0.282 e. The molecule has 2 atom stereocenters. The van der Waals surface area contributed by atoms with E-state index in [0.717, 1.165) is 24.2 Å². The summed E-state index contributed by atoms with van der Waals surface area (Å²) in [6, 6.07) is 7.44. The van der Waals surface area contributed by atoms with E-state index >= 15 is 0 Å². The van der Waals surface area contributed by atoms with Crippen molar-refractivity contribution in [1.82, 2.24) is 13.9 Å². The van der Waals surface area contributed by atoms with Crippen LogP contribution in [0.2, 0.25) is 0 Å². The molecule has 0 saturated carbocycles. The highest BCUT2D eigenvalue weighted by Gasteiger charge is 2.39. The predicted octanol–water partition coefficient (Wildman–Crippen LogP) is 2.04. The first-order valence-electron chi connectivity index (χ1n) is 8.64. The lowest BCUT2D eigenvalue weighted by molar-refractivity contribution is 0.217. The van der Waals surface area contributed by atoms with Crippen LogP contribution < -0.4 is 10.1 Å². The van der Waals surface area contributed by atoms with Crippen molar-refractivity contribution in [2.45, 2.75) is 25.8 Å². The molecule has 1 N–H and O–H groups in total. The van der Waals surface area contributed by atoms with Gasteiger partial charge in [-0.1, -0.05) is 25.1 Å². The first-order chi connectivity index (χ1) is 11.5. The molecule has 8 heteroatoms. The molecule has 2 aliphatic heterocycles. The number of nitrogens with one attached hydrogen (secondary N) is 1. The number of nitrogens with zero attached hydrogens (tertiary/aromatic N) is 2. The first kappa shape index (κ1) is 20.5. The summed E-state index contributed by atoms with van der Waals surface area (Å²) in [5.74, 6) is 1.15. The topological polar surface area (TPSA) is 61.9 Å². The van der Waals surface area contributed by atoms with Crippen molar-refractivity contribution in [3.63, 3.8) is 0 Å². The van der Waals surface area contributed by atoms with Crippen molar-refractivity contribution in [2.24, 2.45) is 5.92 Å². The molecular formula is C17H28ClN3O3S. The second-order valence-corrected chi connectivity index (χ2v) is 8.57. The molecule has 142 valence electrons. The number of benzene rings is 1. The van der Waals surface area contributed by atoms with Gasteiger partial charge in [-0.25, -0.2) is 0 Å². The van der Waals surface area contributed by atoms with E-state index in [1.807, 2.05) is 24.3 Å². The smallest absolute Gasteiger partial charge is 0.282 e. The molecule has 0 aromatic heterocycles. The molecule has 2 saturated heterocycles. The first-order valence-corrected chi connectivity index (χ1v) is 10.0. The number of piperazine rings is 1. The Labute approximate surface area is 157 Å². The van der Waals surface area contributed by atoms with Crippen molar-refractivity contribution in [2.75, 3.05) is 39.8 Å². The Morgan fingerprint density at radius 3 is 2.72 bits per heavy atom.